The van der Waals surface area contributed by atoms with Gasteiger partial charge in [0.25, 0.3) is 5.69 Å². The first-order valence-corrected chi connectivity index (χ1v) is 9.70. The fourth-order valence-corrected chi connectivity index (χ4v) is 3.87. The number of Topliss-reactive ketones (excluding diaryl/α,β-unsaturated/α-hetero) is 1. The van der Waals surface area contributed by atoms with Crippen molar-refractivity contribution in [3.05, 3.63) is 69.3 Å². The Kier molecular flexibility index (Phi) is 6.24. The van der Waals surface area contributed by atoms with Crippen LogP contribution >= 0.6 is 11.8 Å². The number of nitro benzene ring substituents is 1. The van der Waals surface area contributed by atoms with Crippen molar-refractivity contribution in [3.8, 4) is 0 Å². The van der Waals surface area contributed by atoms with Crippen molar-refractivity contribution in [3.63, 3.8) is 0 Å². The summed E-state index contributed by atoms with van der Waals surface area (Å²) in [6.45, 7) is -0.324. The van der Waals surface area contributed by atoms with Crippen LogP contribution in [0, 0.1) is 10.1 Å². The fraction of sp³-hybridized carbons (Fsp3) is 0.300. The number of fused-ring (bicyclic) bond motifs is 1. The van der Waals surface area contributed by atoms with Gasteiger partial charge in [-0.05, 0) is 48.9 Å². The summed E-state index contributed by atoms with van der Waals surface area (Å²) < 4.78 is 5.05. The number of nitro groups is 1. The van der Waals surface area contributed by atoms with Crippen LogP contribution in [-0.2, 0) is 22.4 Å². The van der Waals surface area contributed by atoms with Crippen LogP contribution < -0.4 is 0 Å². The lowest BCUT2D eigenvalue weighted by Gasteiger charge is -2.16. The summed E-state index contributed by atoms with van der Waals surface area (Å²) in [6, 6.07) is 11.8. The normalized spacial score (nSPS) is 12.9. The molecular formula is C20H19NO5S. The molecule has 0 unspecified atom stereocenters. The summed E-state index contributed by atoms with van der Waals surface area (Å²) in [6.07, 6.45) is 4.32. The Morgan fingerprint density at radius 2 is 1.81 bits per heavy atom. The number of benzene rings is 2. The molecule has 2 aromatic carbocycles. The zero-order valence-electron chi connectivity index (χ0n) is 14.7. The molecule has 7 heteroatoms. The van der Waals surface area contributed by atoms with Gasteiger partial charge < -0.3 is 4.74 Å². The van der Waals surface area contributed by atoms with Crippen LogP contribution in [0.4, 0.5) is 5.69 Å². The maximum absolute atomic E-state index is 12.3. The Hall–Kier alpha value is -2.67. The van der Waals surface area contributed by atoms with E-state index in [0.29, 0.717) is 10.5 Å². The number of esters is 1. The first-order chi connectivity index (χ1) is 13.0. The summed E-state index contributed by atoms with van der Waals surface area (Å²) in [7, 11) is 0. The molecule has 0 aliphatic heterocycles. The number of rotatable bonds is 7. The molecule has 0 radical (unpaired) electrons. The Balaban J connectivity index is 1.52. The Labute approximate surface area is 161 Å². The molecule has 0 bridgehead atoms. The monoisotopic (exact) mass is 385 g/mol. The van der Waals surface area contributed by atoms with Gasteiger partial charge in [0.2, 0.25) is 0 Å². The van der Waals surface area contributed by atoms with Crippen molar-refractivity contribution in [1.29, 1.82) is 0 Å². The minimum Gasteiger partial charge on any atom is -0.457 e. The van der Waals surface area contributed by atoms with E-state index in [4.69, 9.17) is 4.74 Å². The molecule has 3 rings (SSSR count). The average molecular weight is 385 g/mol. The number of thioether (sulfide) groups is 1. The molecule has 1 aliphatic rings. The van der Waals surface area contributed by atoms with Crippen molar-refractivity contribution in [1.82, 2.24) is 0 Å². The van der Waals surface area contributed by atoms with E-state index in [0.717, 1.165) is 31.0 Å². The summed E-state index contributed by atoms with van der Waals surface area (Å²) >= 11 is 1.02. The molecule has 140 valence electrons. The molecule has 0 spiro atoms. The maximum atomic E-state index is 12.3. The molecule has 27 heavy (non-hydrogen) atoms. The van der Waals surface area contributed by atoms with Crippen LogP contribution in [0.5, 0.6) is 0 Å². The summed E-state index contributed by atoms with van der Waals surface area (Å²) in [5.41, 5.74) is 2.98. The van der Waals surface area contributed by atoms with E-state index in [1.165, 1.54) is 23.6 Å². The average Bonchev–Trinajstić information content (AvgIpc) is 2.70. The van der Waals surface area contributed by atoms with Gasteiger partial charge in [-0.3, -0.25) is 19.7 Å². The van der Waals surface area contributed by atoms with Gasteiger partial charge in [-0.1, -0.05) is 24.3 Å². The standard InChI is InChI=1S/C20H19NO5S/c22-18(16-10-9-14-5-1-2-6-15(14)11-16)12-26-20(23)13-27-19-8-4-3-7-17(19)21(24)25/h3-4,7-11H,1-2,5-6,12-13H2. The van der Waals surface area contributed by atoms with Crippen LogP contribution in [-0.4, -0.2) is 29.0 Å². The Bertz CT molecular complexity index is 880. The van der Waals surface area contributed by atoms with Crippen LogP contribution in [0.15, 0.2) is 47.4 Å². The molecule has 0 amide bonds. The van der Waals surface area contributed by atoms with Gasteiger partial charge in [0.1, 0.15) is 0 Å². The minimum atomic E-state index is -0.579. The SMILES string of the molecule is O=C(CSc1ccccc1[N+](=O)[O-])OCC(=O)c1ccc2c(c1)CCCC2. The molecular weight excluding hydrogens is 366 g/mol. The number of para-hydroxylation sites is 1. The van der Waals surface area contributed by atoms with Crippen LogP contribution in [0.25, 0.3) is 0 Å². The van der Waals surface area contributed by atoms with Crippen LogP contribution in [0.2, 0.25) is 0 Å². The van der Waals surface area contributed by atoms with Crippen molar-refractivity contribution in [2.24, 2.45) is 0 Å². The van der Waals surface area contributed by atoms with Crippen molar-refractivity contribution in [2.75, 3.05) is 12.4 Å². The molecule has 0 heterocycles. The lowest BCUT2D eigenvalue weighted by Crippen LogP contribution is -2.16. The Morgan fingerprint density at radius 1 is 1.07 bits per heavy atom. The topological polar surface area (TPSA) is 86.5 Å². The third kappa shape index (κ3) is 4.95. The summed E-state index contributed by atoms with van der Waals surface area (Å²) in [5.74, 6) is -0.917. The second-order valence-electron chi connectivity index (χ2n) is 6.29. The van der Waals surface area contributed by atoms with Gasteiger partial charge in [-0.15, -0.1) is 11.8 Å². The smallest absolute Gasteiger partial charge is 0.316 e. The van der Waals surface area contributed by atoms with Crippen molar-refractivity contribution < 1.29 is 19.2 Å². The number of carbonyl (C=O) groups is 2. The molecule has 0 atom stereocenters. The maximum Gasteiger partial charge on any atom is 0.316 e. The third-order valence-electron chi connectivity index (χ3n) is 4.44. The highest BCUT2D eigenvalue weighted by Crippen LogP contribution is 2.28. The second kappa shape index (κ2) is 8.81. The molecule has 0 N–H and O–H groups in total. The first-order valence-electron chi connectivity index (χ1n) is 8.71. The van der Waals surface area contributed by atoms with Crippen molar-refractivity contribution in [2.45, 2.75) is 30.6 Å². The van der Waals surface area contributed by atoms with Gasteiger partial charge >= 0.3 is 5.97 Å². The van der Waals surface area contributed by atoms with E-state index >= 15 is 0 Å². The predicted octanol–water partition coefficient (Wildman–Crippen LogP) is 3.99. The van der Waals surface area contributed by atoms with Gasteiger partial charge in [0, 0.05) is 11.6 Å². The number of hydrogen-bond donors (Lipinski definition) is 0. The van der Waals surface area contributed by atoms with Crippen molar-refractivity contribution >= 4 is 29.2 Å². The van der Waals surface area contributed by atoms with Crippen LogP contribution in [0.1, 0.15) is 34.3 Å². The lowest BCUT2D eigenvalue weighted by molar-refractivity contribution is -0.387. The highest BCUT2D eigenvalue weighted by molar-refractivity contribution is 8.00. The van der Waals surface area contributed by atoms with E-state index < -0.39 is 10.9 Å². The molecule has 1 aliphatic carbocycles. The number of hydrogen-bond acceptors (Lipinski definition) is 6. The zero-order valence-corrected chi connectivity index (χ0v) is 15.5. The zero-order chi connectivity index (χ0) is 19.2. The van der Waals surface area contributed by atoms with E-state index in [9.17, 15) is 19.7 Å². The van der Waals surface area contributed by atoms with Crippen LogP contribution in [0.3, 0.4) is 0 Å². The number of nitrogens with zero attached hydrogens (tertiary/aromatic N) is 1. The molecule has 0 fully saturated rings. The quantitative estimate of drug-likeness (QED) is 0.235. The Morgan fingerprint density at radius 3 is 2.59 bits per heavy atom. The largest absolute Gasteiger partial charge is 0.457 e. The fourth-order valence-electron chi connectivity index (χ4n) is 3.04. The van der Waals surface area contributed by atoms with E-state index in [1.54, 1.807) is 24.3 Å². The highest BCUT2D eigenvalue weighted by atomic mass is 32.2. The highest BCUT2D eigenvalue weighted by Gasteiger charge is 2.17. The summed E-state index contributed by atoms with van der Waals surface area (Å²) in [4.78, 5) is 35.0. The van der Waals surface area contributed by atoms with Gasteiger partial charge in [0.15, 0.2) is 12.4 Å². The molecule has 0 saturated carbocycles. The van der Waals surface area contributed by atoms with Gasteiger partial charge in [0.05, 0.1) is 15.6 Å². The minimum absolute atomic E-state index is 0.0552. The number of carbonyl (C=O) groups excluding carboxylic acids is 2. The summed E-state index contributed by atoms with van der Waals surface area (Å²) in [5, 5.41) is 11.0. The molecule has 6 nitrogen and oxygen atoms in total. The number of ether oxygens (including phenoxy) is 1. The van der Waals surface area contributed by atoms with E-state index in [-0.39, 0.29) is 23.8 Å². The molecule has 2 aromatic rings. The number of aryl methyl sites for hydroxylation is 2. The first kappa shape index (κ1) is 19.1. The molecule has 0 aromatic heterocycles. The number of ketones is 1. The molecule has 0 saturated heterocycles. The van der Waals surface area contributed by atoms with E-state index in [2.05, 4.69) is 0 Å². The predicted molar refractivity (Wildman–Crippen MR) is 102 cm³/mol. The second-order valence-corrected chi connectivity index (χ2v) is 7.31. The lowest BCUT2D eigenvalue weighted by atomic mass is 9.90. The third-order valence-corrected chi connectivity index (χ3v) is 5.48. The van der Waals surface area contributed by atoms with E-state index in [1.807, 2.05) is 12.1 Å². The van der Waals surface area contributed by atoms with Gasteiger partial charge in [-0.2, -0.15) is 0 Å². The van der Waals surface area contributed by atoms with Gasteiger partial charge in [-0.25, -0.2) is 0 Å².